The fourth-order valence-corrected chi connectivity index (χ4v) is 6.66. The van der Waals surface area contributed by atoms with Crippen LogP contribution in [0.5, 0.6) is 0 Å². The Morgan fingerprint density at radius 3 is 2.19 bits per heavy atom. The third kappa shape index (κ3) is 7.18. The summed E-state index contributed by atoms with van der Waals surface area (Å²) >= 11 is 0. The summed E-state index contributed by atoms with van der Waals surface area (Å²) in [5, 5.41) is 9.36. The number of cyclic esters (lactones) is 1. The molecular formula is C36H35F6NO4. The predicted octanol–water partition coefficient (Wildman–Crippen LogP) is 10.3. The third-order valence-electron chi connectivity index (χ3n) is 9.07. The average Bonchev–Trinajstić information content (AvgIpc) is 3.23. The van der Waals surface area contributed by atoms with Crippen LogP contribution in [0.2, 0.25) is 0 Å². The average molecular weight is 660 g/mol. The van der Waals surface area contributed by atoms with E-state index in [2.05, 4.69) is 0 Å². The number of carbonyl (C=O) groups is 2. The Balaban J connectivity index is 1.57. The predicted molar refractivity (Wildman–Crippen MR) is 165 cm³/mol. The summed E-state index contributed by atoms with van der Waals surface area (Å²) in [6.45, 7) is 8.96. The SMILES string of the molecule is Cc1cc([C@H]2OC(=O)N(CC3=C(c4cc(-c5ccc(C(=O)O)cc5C)cc(C(F)(F)F)c4)CCC(C)(C)C3)[C@H]2C)cc(C(F)(F)F)c1. The van der Waals surface area contributed by atoms with Gasteiger partial charge in [-0.25, -0.2) is 9.59 Å². The second kappa shape index (κ2) is 12.1. The fourth-order valence-electron chi connectivity index (χ4n) is 6.66. The van der Waals surface area contributed by atoms with Gasteiger partial charge >= 0.3 is 24.4 Å². The highest BCUT2D eigenvalue weighted by Crippen LogP contribution is 2.46. The van der Waals surface area contributed by atoms with E-state index < -0.39 is 47.7 Å². The molecule has 11 heteroatoms. The van der Waals surface area contributed by atoms with Crippen LogP contribution in [0.25, 0.3) is 16.7 Å². The minimum Gasteiger partial charge on any atom is -0.478 e. The van der Waals surface area contributed by atoms with Gasteiger partial charge in [0.15, 0.2) is 0 Å². The molecule has 47 heavy (non-hydrogen) atoms. The van der Waals surface area contributed by atoms with E-state index in [-0.39, 0.29) is 28.7 Å². The first-order valence-electron chi connectivity index (χ1n) is 15.2. The third-order valence-corrected chi connectivity index (χ3v) is 9.07. The lowest BCUT2D eigenvalue weighted by Crippen LogP contribution is -2.35. The fraction of sp³-hybridized carbons (Fsp3) is 0.389. The number of nitrogens with zero attached hydrogens (tertiary/aromatic N) is 1. The second-order valence-electron chi connectivity index (χ2n) is 13.4. The molecule has 1 fully saturated rings. The van der Waals surface area contributed by atoms with Crippen molar-refractivity contribution in [2.75, 3.05) is 6.54 Å². The van der Waals surface area contributed by atoms with Crippen molar-refractivity contribution in [1.29, 1.82) is 0 Å². The number of aryl methyl sites for hydroxylation is 2. The Labute approximate surface area is 268 Å². The van der Waals surface area contributed by atoms with Crippen LogP contribution >= 0.6 is 0 Å². The van der Waals surface area contributed by atoms with Crippen LogP contribution in [0.15, 0.2) is 60.2 Å². The molecule has 0 aromatic heterocycles. The standard InChI is InChI=1S/C36H35F6NO4/c1-19-10-25(16-27(11-19)35(37,38)39)31-21(3)43(33(46)47-31)18-26-17-34(4,5)9-8-30(26)24-13-23(14-28(15-24)36(40,41)42)29-7-6-22(32(44)45)12-20(29)2/h6-7,10-16,21,31H,8-9,17-18H2,1-5H3,(H,44,45)/t21-,31-/m0/s1. The highest BCUT2D eigenvalue weighted by molar-refractivity contribution is 5.89. The number of alkyl halides is 6. The molecule has 2 atom stereocenters. The first-order valence-corrected chi connectivity index (χ1v) is 15.2. The molecule has 1 amide bonds. The Morgan fingerprint density at radius 1 is 0.936 bits per heavy atom. The van der Waals surface area contributed by atoms with E-state index in [1.807, 2.05) is 13.8 Å². The van der Waals surface area contributed by atoms with Gasteiger partial charge in [0.05, 0.1) is 22.7 Å². The highest BCUT2D eigenvalue weighted by Gasteiger charge is 2.42. The van der Waals surface area contributed by atoms with Gasteiger partial charge < -0.3 is 9.84 Å². The van der Waals surface area contributed by atoms with Crippen LogP contribution in [0.3, 0.4) is 0 Å². The van der Waals surface area contributed by atoms with E-state index in [4.69, 9.17) is 4.74 Å². The zero-order valence-electron chi connectivity index (χ0n) is 26.6. The molecule has 1 heterocycles. The molecule has 1 aliphatic carbocycles. The number of benzene rings is 3. The van der Waals surface area contributed by atoms with Crippen LogP contribution < -0.4 is 0 Å². The number of amides is 1. The van der Waals surface area contributed by atoms with Crippen LogP contribution in [0, 0.1) is 19.3 Å². The number of hydrogen-bond acceptors (Lipinski definition) is 3. The Morgan fingerprint density at radius 2 is 1.57 bits per heavy atom. The molecule has 3 aromatic carbocycles. The molecule has 1 aliphatic heterocycles. The van der Waals surface area contributed by atoms with E-state index in [0.29, 0.717) is 47.1 Å². The molecule has 5 nitrogen and oxygen atoms in total. The van der Waals surface area contributed by atoms with Crippen molar-refractivity contribution in [3.05, 3.63) is 99.1 Å². The first kappa shape index (κ1) is 34.1. The van der Waals surface area contributed by atoms with Gasteiger partial charge in [-0.15, -0.1) is 0 Å². The molecule has 0 radical (unpaired) electrons. The zero-order valence-corrected chi connectivity index (χ0v) is 26.6. The van der Waals surface area contributed by atoms with Crippen molar-refractivity contribution in [2.24, 2.45) is 5.41 Å². The van der Waals surface area contributed by atoms with E-state index in [1.165, 1.54) is 30.0 Å². The molecular weight excluding hydrogens is 624 g/mol. The molecule has 2 aliphatic rings. The van der Waals surface area contributed by atoms with Gasteiger partial charge in [0.1, 0.15) is 6.10 Å². The molecule has 1 saturated heterocycles. The normalized spacial score (nSPS) is 20.1. The summed E-state index contributed by atoms with van der Waals surface area (Å²) in [6.07, 6.45) is -9.35. The maximum atomic E-state index is 14.3. The monoisotopic (exact) mass is 659 g/mol. The maximum Gasteiger partial charge on any atom is 0.416 e. The molecule has 0 spiro atoms. The largest absolute Gasteiger partial charge is 0.478 e. The summed E-state index contributed by atoms with van der Waals surface area (Å²) in [7, 11) is 0. The summed E-state index contributed by atoms with van der Waals surface area (Å²) in [4.78, 5) is 26.1. The second-order valence-corrected chi connectivity index (χ2v) is 13.4. The molecule has 250 valence electrons. The number of hydrogen-bond donors (Lipinski definition) is 1. The first-order chi connectivity index (χ1) is 21.7. The van der Waals surface area contributed by atoms with Crippen LogP contribution in [-0.2, 0) is 17.1 Å². The lowest BCUT2D eigenvalue weighted by atomic mass is 9.72. The van der Waals surface area contributed by atoms with Crippen molar-refractivity contribution in [3.63, 3.8) is 0 Å². The Kier molecular flexibility index (Phi) is 8.74. The van der Waals surface area contributed by atoms with Crippen molar-refractivity contribution in [1.82, 2.24) is 4.90 Å². The number of carboxylic acids is 1. The summed E-state index contributed by atoms with van der Waals surface area (Å²) in [5.41, 5.74) is 1.63. The zero-order chi connectivity index (χ0) is 34.6. The lowest BCUT2D eigenvalue weighted by Gasteiger charge is -2.35. The molecule has 1 N–H and O–H groups in total. The quantitative estimate of drug-likeness (QED) is 0.268. The lowest BCUT2D eigenvalue weighted by molar-refractivity contribution is -0.138. The summed E-state index contributed by atoms with van der Waals surface area (Å²) < 4.78 is 89.1. The van der Waals surface area contributed by atoms with Gasteiger partial charge in [0.2, 0.25) is 0 Å². The van der Waals surface area contributed by atoms with Crippen LogP contribution in [0.1, 0.15) is 89.9 Å². The van der Waals surface area contributed by atoms with Gasteiger partial charge in [-0.3, -0.25) is 4.90 Å². The van der Waals surface area contributed by atoms with Crippen molar-refractivity contribution in [3.8, 4) is 11.1 Å². The topological polar surface area (TPSA) is 66.8 Å². The number of ether oxygens (including phenoxy) is 1. The van der Waals surface area contributed by atoms with Gasteiger partial charge in [0.25, 0.3) is 0 Å². The summed E-state index contributed by atoms with van der Waals surface area (Å²) in [6, 6.07) is 11.0. The Bertz CT molecular complexity index is 1770. The van der Waals surface area contributed by atoms with Crippen LogP contribution in [-0.4, -0.2) is 34.7 Å². The van der Waals surface area contributed by atoms with Gasteiger partial charge in [0, 0.05) is 6.54 Å². The molecule has 5 rings (SSSR count). The summed E-state index contributed by atoms with van der Waals surface area (Å²) in [5.74, 6) is -1.15. The highest BCUT2D eigenvalue weighted by atomic mass is 19.4. The van der Waals surface area contributed by atoms with Gasteiger partial charge in [-0.05, 0) is 127 Å². The minimum atomic E-state index is -4.67. The van der Waals surface area contributed by atoms with Crippen molar-refractivity contribution in [2.45, 2.75) is 78.4 Å². The molecule has 0 bridgehead atoms. The number of aromatic carboxylic acids is 1. The number of rotatable bonds is 6. The molecule has 0 saturated carbocycles. The number of halogens is 6. The number of carboxylic acid groups (broad SMARTS) is 1. The van der Waals surface area contributed by atoms with Gasteiger partial charge in [-0.1, -0.05) is 31.5 Å². The van der Waals surface area contributed by atoms with Gasteiger partial charge in [-0.2, -0.15) is 26.3 Å². The van der Waals surface area contributed by atoms with Crippen LogP contribution in [0.4, 0.5) is 31.1 Å². The number of allylic oxidation sites excluding steroid dienone is 1. The minimum absolute atomic E-state index is 0.0168. The molecule has 0 unspecified atom stereocenters. The van der Waals surface area contributed by atoms with E-state index in [0.717, 1.165) is 29.8 Å². The Hall–Kier alpha value is -4.28. The number of carbonyl (C=O) groups excluding carboxylic acids is 1. The smallest absolute Gasteiger partial charge is 0.416 e. The van der Waals surface area contributed by atoms with Crippen molar-refractivity contribution >= 4 is 17.6 Å². The maximum absolute atomic E-state index is 14.3. The van der Waals surface area contributed by atoms with Crippen molar-refractivity contribution < 1.29 is 45.8 Å². The van der Waals surface area contributed by atoms with E-state index in [9.17, 15) is 41.0 Å². The molecule has 3 aromatic rings. The van der Waals surface area contributed by atoms with E-state index >= 15 is 0 Å². The van der Waals surface area contributed by atoms with E-state index in [1.54, 1.807) is 26.0 Å².